The summed E-state index contributed by atoms with van der Waals surface area (Å²) < 4.78 is 0. The van der Waals surface area contributed by atoms with E-state index in [2.05, 4.69) is 0 Å². The van der Waals surface area contributed by atoms with Crippen molar-refractivity contribution in [2.45, 2.75) is 0 Å². The standard InChI is InChI=1S/CH2O3.CO2.Ca/c2-1(3)4;2-1-3;/h(H2,2,3,4);;/q;;+2/p-2. The molecule has 0 aliphatic carbocycles. The number of hydrogen-bond donors (Lipinski definition) is 0. The van der Waals surface area contributed by atoms with Gasteiger partial charge in [-0.2, -0.15) is 9.59 Å². The van der Waals surface area contributed by atoms with Gasteiger partial charge >= 0.3 is 43.9 Å². The van der Waals surface area contributed by atoms with Gasteiger partial charge in [0.1, 0.15) is 0 Å². The molecule has 8 heavy (non-hydrogen) atoms. The Morgan fingerprint density at radius 3 is 1.25 bits per heavy atom. The number of hydrogen-bond acceptors (Lipinski definition) is 5. The minimum atomic E-state index is -2.33. The van der Waals surface area contributed by atoms with E-state index in [1.165, 1.54) is 0 Å². The third-order valence-electron chi connectivity index (χ3n) is 0. The quantitative estimate of drug-likeness (QED) is 0.330. The zero-order valence-electron chi connectivity index (χ0n) is 3.75. The predicted molar refractivity (Wildman–Crippen MR) is 16.2 cm³/mol. The summed E-state index contributed by atoms with van der Waals surface area (Å²) in [6.45, 7) is 0. The second-order valence-electron chi connectivity index (χ2n) is 0.333. The van der Waals surface area contributed by atoms with Crippen LogP contribution < -0.4 is 10.2 Å². The van der Waals surface area contributed by atoms with E-state index in [0.717, 1.165) is 0 Å². The van der Waals surface area contributed by atoms with Crippen LogP contribution >= 0.6 is 0 Å². The minimum Gasteiger partial charge on any atom is -0.652 e. The molecule has 0 aliphatic heterocycles. The van der Waals surface area contributed by atoms with Crippen molar-refractivity contribution in [3.05, 3.63) is 0 Å². The predicted octanol–water partition coefficient (Wildman–Crippen LogP) is -3.41. The van der Waals surface area contributed by atoms with Gasteiger partial charge < -0.3 is 15.0 Å². The van der Waals surface area contributed by atoms with Gasteiger partial charge in [0.25, 0.3) is 0 Å². The van der Waals surface area contributed by atoms with Crippen LogP contribution in [0.25, 0.3) is 0 Å². The number of rotatable bonds is 0. The molecule has 0 saturated heterocycles. The maximum Gasteiger partial charge on any atom is 2.00 e. The van der Waals surface area contributed by atoms with Crippen LogP contribution in [0.2, 0.25) is 0 Å². The third-order valence-corrected chi connectivity index (χ3v) is 0. The van der Waals surface area contributed by atoms with Gasteiger partial charge in [0, 0.05) is 0 Å². The van der Waals surface area contributed by atoms with Crippen LogP contribution in [-0.4, -0.2) is 50.0 Å². The summed E-state index contributed by atoms with van der Waals surface area (Å²) in [5.41, 5.74) is 0. The average Bonchev–Trinajstić information content (AvgIpc) is 1.33. The SMILES string of the molecule is O=C([O-])[O-].O=C=O.[Ca+2]. The number of carbonyl (C=O) groups is 1. The topological polar surface area (TPSA) is 97.3 Å². The molecule has 0 atom stereocenters. The van der Waals surface area contributed by atoms with Crippen LogP contribution in [0.1, 0.15) is 0 Å². The average molecular weight is 144 g/mol. The van der Waals surface area contributed by atoms with Crippen LogP contribution in [0.4, 0.5) is 4.79 Å². The Kier molecular flexibility index (Phi) is 30.9. The van der Waals surface area contributed by atoms with Crippen molar-refractivity contribution < 1.29 is 24.6 Å². The maximum atomic E-state index is 8.33. The van der Waals surface area contributed by atoms with Gasteiger partial charge in [0.05, 0.1) is 0 Å². The Labute approximate surface area is 74.3 Å². The molecular formula is C2CaO5. The first-order valence-corrected chi connectivity index (χ1v) is 1.02. The van der Waals surface area contributed by atoms with E-state index >= 15 is 0 Å². The van der Waals surface area contributed by atoms with E-state index in [-0.39, 0.29) is 43.9 Å². The first kappa shape index (κ1) is 15.7. The van der Waals surface area contributed by atoms with Crippen molar-refractivity contribution in [3.63, 3.8) is 0 Å². The molecule has 0 unspecified atom stereocenters. The molecule has 0 N–H and O–H groups in total. The van der Waals surface area contributed by atoms with E-state index < -0.39 is 6.16 Å². The summed E-state index contributed by atoms with van der Waals surface area (Å²) in [7, 11) is 0. The Morgan fingerprint density at radius 2 is 1.25 bits per heavy atom. The normalized spacial score (nSPS) is 4.00. The molecule has 0 spiro atoms. The van der Waals surface area contributed by atoms with Gasteiger partial charge in [0.2, 0.25) is 0 Å². The third kappa shape index (κ3) is 17500. The molecule has 0 aliphatic rings. The second kappa shape index (κ2) is 15.8. The van der Waals surface area contributed by atoms with Crippen LogP contribution in [0.3, 0.4) is 0 Å². The Hall–Kier alpha value is -0.0903. The van der Waals surface area contributed by atoms with Gasteiger partial charge in [0.15, 0.2) is 0 Å². The van der Waals surface area contributed by atoms with Crippen LogP contribution in [0.15, 0.2) is 0 Å². The molecule has 0 aromatic carbocycles. The van der Waals surface area contributed by atoms with E-state index in [1.807, 2.05) is 0 Å². The van der Waals surface area contributed by atoms with Gasteiger partial charge in [-0.05, 0) is 6.16 Å². The van der Waals surface area contributed by atoms with Gasteiger partial charge in [-0.15, -0.1) is 0 Å². The van der Waals surface area contributed by atoms with Crippen molar-refractivity contribution in [1.82, 2.24) is 0 Å². The van der Waals surface area contributed by atoms with Gasteiger partial charge in [-0.1, -0.05) is 0 Å². The second-order valence-corrected chi connectivity index (χ2v) is 0.333. The molecule has 5 nitrogen and oxygen atoms in total. The molecule has 40 valence electrons. The summed E-state index contributed by atoms with van der Waals surface area (Å²) in [5.74, 6) is 0. The summed E-state index contributed by atoms with van der Waals surface area (Å²) in [6.07, 6.45) is -2.08. The molecule has 0 aromatic heterocycles. The fraction of sp³-hybridized carbons (Fsp3) is 0. The summed E-state index contributed by atoms with van der Waals surface area (Å²) in [6, 6.07) is 0. The summed E-state index contributed by atoms with van der Waals surface area (Å²) >= 11 is 0. The van der Waals surface area contributed by atoms with E-state index in [9.17, 15) is 0 Å². The minimum absolute atomic E-state index is 0. The van der Waals surface area contributed by atoms with Crippen molar-refractivity contribution in [3.8, 4) is 0 Å². The zero-order valence-corrected chi connectivity index (χ0v) is 5.96. The zero-order chi connectivity index (χ0) is 6.28. The Morgan fingerprint density at radius 1 is 1.25 bits per heavy atom. The van der Waals surface area contributed by atoms with Crippen molar-refractivity contribution >= 4 is 50.0 Å². The summed E-state index contributed by atoms with van der Waals surface area (Å²) in [4.78, 5) is 24.6. The molecule has 0 aromatic rings. The van der Waals surface area contributed by atoms with E-state index in [4.69, 9.17) is 24.6 Å². The molecule has 6 heteroatoms. The monoisotopic (exact) mass is 144 g/mol. The van der Waals surface area contributed by atoms with Crippen molar-refractivity contribution in [2.24, 2.45) is 0 Å². The first-order valence-electron chi connectivity index (χ1n) is 1.02. The number of carbonyl (C=O) groups excluding carboxylic acids is 3. The first-order chi connectivity index (χ1) is 3.15. The largest absolute Gasteiger partial charge is 2.00 e. The van der Waals surface area contributed by atoms with Crippen LogP contribution in [0, 0.1) is 0 Å². The molecule has 0 bridgehead atoms. The fourth-order valence-electron chi connectivity index (χ4n) is 0. The van der Waals surface area contributed by atoms with Gasteiger partial charge in [-0.25, -0.2) is 0 Å². The van der Waals surface area contributed by atoms with E-state index in [1.54, 1.807) is 0 Å². The van der Waals surface area contributed by atoms with Crippen molar-refractivity contribution in [2.75, 3.05) is 0 Å². The molecule has 0 rings (SSSR count). The Bertz CT molecular complexity index is 78.4. The fourth-order valence-corrected chi connectivity index (χ4v) is 0. The summed E-state index contributed by atoms with van der Waals surface area (Å²) in [5, 5.41) is 16.7. The van der Waals surface area contributed by atoms with Crippen LogP contribution in [0.5, 0.6) is 0 Å². The van der Waals surface area contributed by atoms with Crippen LogP contribution in [-0.2, 0) is 9.59 Å². The smallest absolute Gasteiger partial charge is 0.652 e. The maximum absolute atomic E-state index is 8.33. The molecule has 0 amide bonds. The Balaban J connectivity index is -0.0000000575. The van der Waals surface area contributed by atoms with E-state index in [0.29, 0.717) is 0 Å². The van der Waals surface area contributed by atoms with Gasteiger partial charge in [-0.3, -0.25) is 0 Å². The molecule has 0 heterocycles. The molecule has 0 radical (unpaired) electrons. The molecule has 0 saturated carbocycles. The number of carboxylic acid groups (broad SMARTS) is 2. The molecular weight excluding hydrogens is 144 g/mol. The molecule has 0 fully saturated rings. The van der Waals surface area contributed by atoms with Crippen molar-refractivity contribution in [1.29, 1.82) is 0 Å².